The number of halogens is 1. The largest absolute Gasteiger partial charge is 0.322 e. The molecule has 3 heterocycles. The lowest BCUT2D eigenvalue weighted by atomic mass is 10.0. The van der Waals surface area contributed by atoms with Crippen molar-refractivity contribution in [1.29, 1.82) is 0 Å². The van der Waals surface area contributed by atoms with E-state index in [-0.39, 0.29) is 18.3 Å². The number of benzene rings is 1. The smallest absolute Gasteiger partial charge is 0.246 e. The predicted octanol–water partition coefficient (Wildman–Crippen LogP) is 2.92. The average molecular weight is 364 g/mol. The van der Waals surface area contributed by atoms with E-state index in [1.807, 2.05) is 13.0 Å². The van der Waals surface area contributed by atoms with E-state index in [2.05, 4.69) is 20.5 Å². The van der Waals surface area contributed by atoms with E-state index in [9.17, 15) is 9.18 Å². The van der Waals surface area contributed by atoms with Gasteiger partial charge in [0.05, 0.1) is 17.6 Å². The highest BCUT2D eigenvalue weighted by Gasteiger charge is 2.16. The molecular weight excluding hydrogens is 347 g/mol. The second-order valence-corrected chi connectivity index (χ2v) is 6.26. The standard InChI is InChI=1S/C19H17FN6O/c1-12-18-16(13-3-5-14(20)6-4-13)7-8-21-19(18)26(24-12)11-17(27)23-15-9-22-25(2)10-15/h3-10H,11H2,1-2H3,(H,23,27). The Kier molecular flexibility index (Phi) is 4.15. The van der Waals surface area contributed by atoms with Gasteiger partial charge >= 0.3 is 0 Å². The van der Waals surface area contributed by atoms with Gasteiger partial charge in [-0.25, -0.2) is 14.1 Å². The van der Waals surface area contributed by atoms with E-state index in [1.54, 1.807) is 47.1 Å². The fraction of sp³-hybridized carbons (Fsp3) is 0.158. The molecule has 27 heavy (non-hydrogen) atoms. The minimum absolute atomic E-state index is 0.0269. The van der Waals surface area contributed by atoms with E-state index in [1.165, 1.54) is 12.1 Å². The van der Waals surface area contributed by atoms with E-state index in [4.69, 9.17) is 0 Å². The van der Waals surface area contributed by atoms with E-state index in [0.29, 0.717) is 11.3 Å². The van der Waals surface area contributed by atoms with Crippen molar-refractivity contribution in [2.24, 2.45) is 7.05 Å². The molecule has 136 valence electrons. The number of carbonyl (C=O) groups excluding carboxylic acids is 1. The van der Waals surface area contributed by atoms with Crippen LogP contribution >= 0.6 is 0 Å². The van der Waals surface area contributed by atoms with Gasteiger partial charge in [0.1, 0.15) is 12.4 Å². The molecule has 3 aromatic heterocycles. The molecule has 4 aromatic rings. The van der Waals surface area contributed by atoms with Crippen LogP contribution in [0.4, 0.5) is 10.1 Å². The van der Waals surface area contributed by atoms with Crippen molar-refractivity contribution in [2.45, 2.75) is 13.5 Å². The summed E-state index contributed by atoms with van der Waals surface area (Å²) in [5, 5.41) is 12.1. The second kappa shape index (κ2) is 6.64. The Balaban J connectivity index is 1.67. The molecule has 7 nitrogen and oxygen atoms in total. The Labute approximate surface area is 154 Å². The number of hydrogen-bond donors (Lipinski definition) is 1. The first-order valence-electron chi connectivity index (χ1n) is 8.38. The first-order valence-corrected chi connectivity index (χ1v) is 8.38. The van der Waals surface area contributed by atoms with E-state index < -0.39 is 0 Å². The van der Waals surface area contributed by atoms with Gasteiger partial charge in [0.15, 0.2) is 5.65 Å². The first kappa shape index (κ1) is 16.9. The quantitative estimate of drug-likeness (QED) is 0.604. The number of rotatable bonds is 4. The lowest BCUT2D eigenvalue weighted by Gasteiger charge is -2.06. The molecule has 1 N–H and O–H groups in total. The van der Waals surface area contributed by atoms with Gasteiger partial charge in [-0.1, -0.05) is 12.1 Å². The molecule has 0 aliphatic carbocycles. The average Bonchev–Trinajstić information content (AvgIpc) is 3.19. The molecule has 1 aromatic carbocycles. The summed E-state index contributed by atoms with van der Waals surface area (Å²) < 4.78 is 16.4. The summed E-state index contributed by atoms with van der Waals surface area (Å²) in [4.78, 5) is 16.8. The summed E-state index contributed by atoms with van der Waals surface area (Å²) >= 11 is 0. The molecule has 0 aliphatic heterocycles. The molecule has 1 amide bonds. The Bertz CT molecular complexity index is 1130. The third-order valence-corrected chi connectivity index (χ3v) is 4.25. The van der Waals surface area contributed by atoms with Gasteiger partial charge in [-0.05, 0) is 36.2 Å². The highest BCUT2D eigenvalue weighted by atomic mass is 19.1. The summed E-state index contributed by atoms with van der Waals surface area (Å²) in [6.45, 7) is 1.89. The molecule has 0 saturated carbocycles. The molecule has 0 atom stereocenters. The molecule has 0 radical (unpaired) electrons. The Morgan fingerprint density at radius 1 is 1.22 bits per heavy atom. The SMILES string of the molecule is Cc1nn(CC(=O)Nc2cnn(C)c2)c2nccc(-c3ccc(F)cc3)c12. The van der Waals surface area contributed by atoms with Gasteiger partial charge < -0.3 is 5.32 Å². The lowest BCUT2D eigenvalue weighted by Crippen LogP contribution is -2.19. The van der Waals surface area contributed by atoms with Crippen molar-refractivity contribution in [2.75, 3.05) is 5.32 Å². The van der Waals surface area contributed by atoms with Crippen molar-refractivity contribution >= 4 is 22.6 Å². The highest BCUT2D eigenvalue weighted by molar-refractivity contribution is 5.96. The molecule has 4 rings (SSSR count). The van der Waals surface area contributed by atoms with Crippen LogP contribution in [0.1, 0.15) is 5.69 Å². The number of nitrogens with zero attached hydrogens (tertiary/aromatic N) is 5. The molecule has 0 fully saturated rings. The van der Waals surface area contributed by atoms with Gasteiger partial charge in [0, 0.05) is 24.8 Å². The number of aryl methyl sites for hydroxylation is 2. The monoisotopic (exact) mass is 364 g/mol. The number of pyridine rings is 1. The van der Waals surface area contributed by atoms with Gasteiger partial charge in [0.2, 0.25) is 5.91 Å². The third-order valence-electron chi connectivity index (χ3n) is 4.25. The zero-order chi connectivity index (χ0) is 19.0. The molecule has 8 heteroatoms. The van der Waals surface area contributed by atoms with Crippen molar-refractivity contribution in [1.82, 2.24) is 24.5 Å². The zero-order valence-corrected chi connectivity index (χ0v) is 14.8. The van der Waals surface area contributed by atoms with Gasteiger partial charge in [-0.2, -0.15) is 10.2 Å². The minimum atomic E-state index is -0.288. The number of aromatic nitrogens is 5. The number of amides is 1. The molecule has 0 saturated heterocycles. The summed E-state index contributed by atoms with van der Waals surface area (Å²) in [6, 6.07) is 8.14. The molecule has 0 spiro atoms. The number of nitrogens with one attached hydrogen (secondary N) is 1. The molecular formula is C19H17FN6O. The third kappa shape index (κ3) is 3.29. The van der Waals surface area contributed by atoms with E-state index in [0.717, 1.165) is 22.2 Å². The zero-order valence-electron chi connectivity index (χ0n) is 14.8. The fourth-order valence-electron chi connectivity index (χ4n) is 3.08. The van der Waals surface area contributed by atoms with Crippen LogP contribution in [0, 0.1) is 12.7 Å². The van der Waals surface area contributed by atoms with Crippen molar-refractivity contribution in [3.05, 3.63) is 60.4 Å². The molecule has 0 unspecified atom stereocenters. The number of hydrogen-bond acceptors (Lipinski definition) is 4. The number of carbonyl (C=O) groups is 1. The summed E-state index contributed by atoms with van der Waals surface area (Å²) in [5.74, 6) is -0.509. The van der Waals surface area contributed by atoms with Gasteiger partial charge in [-0.15, -0.1) is 0 Å². The van der Waals surface area contributed by atoms with Crippen LogP contribution in [0.15, 0.2) is 48.9 Å². The second-order valence-electron chi connectivity index (χ2n) is 6.26. The van der Waals surface area contributed by atoms with Crippen LogP contribution in [0.25, 0.3) is 22.2 Å². The summed E-state index contributed by atoms with van der Waals surface area (Å²) in [6.07, 6.45) is 4.96. The highest BCUT2D eigenvalue weighted by Crippen LogP contribution is 2.29. The van der Waals surface area contributed by atoms with Gasteiger partial charge in [-0.3, -0.25) is 9.48 Å². The first-order chi connectivity index (χ1) is 13.0. The lowest BCUT2D eigenvalue weighted by molar-refractivity contribution is -0.116. The van der Waals surface area contributed by atoms with Crippen molar-refractivity contribution < 1.29 is 9.18 Å². The van der Waals surface area contributed by atoms with Gasteiger partial charge in [0.25, 0.3) is 0 Å². The minimum Gasteiger partial charge on any atom is -0.322 e. The Hall–Kier alpha value is -3.55. The maximum Gasteiger partial charge on any atom is 0.246 e. The summed E-state index contributed by atoms with van der Waals surface area (Å²) in [5.41, 5.74) is 3.75. The van der Waals surface area contributed by atoms with Crippen LogP contribution in [-0.2, 0) is 18.4 Å². The van der Waals surface area contributed by atoms with Crippen LogP contribution in [-0.4, -0.2) is 30.5 Å². The maximum atomic E-state index is 13.2. The molecule has 0 bridgehead atoms. The maximum absolute atomic E-state index is 13.2. The summed E-state index contributed by atoms with van der Waals surface area (Å²) in [7, 11) is 1.78. The van der Waals surface area contributed by atoms with E-state index >= 15 is 0 Å². The van der Waals surface area contributed by atoms with Crippen LogP contribution < -0.4 is 5.32 Å². The topological polar surface area (TPSA) is 77.6 Å². The predicted molar refractivity (Wildman–Crippen MR) is 99.5 cm³/mol. The Morgan fingerprint density at radius 2 is 2.00 bits per heavy atom. The van der Waals surface area contributed by atoms with Crippen molar-refractivity contribution in [3.63, 3.8) is 0 Å². The van der Waals surface area contributed by atoms with Crippen LogP contribution in [0.3, 0.4) is 0 Å². The van der Waals surface area contributed by atoms with Crippen molar-refractivity contribution in [3.8, 4) is 11.1 Å². The molecule has 0 aliphatic rings. The fourth-order valence-corrected chi connectivity index (χ4v) is 3.08. The normalized spacial score (nSPS) is 11.1. The number of fused-ring (bicyclic) bond motifs is 1. The van der Waals surface area contributed by atoms with Crippen LogP contribution in [0.5, 0.6) is 0 Å². The Morgan fingerprint density at radius 3 is 2.70 bits per heavy atom. The number of anilines is 1. The van der Waals surface area contributed by atoms with Crippen LogP contribution in [0.2, 0.25) is 0 Å².